The molecule has 0 atom stereocenters. The first kappa shape index (κ1) is 20.7. The van der Waals surface area contributed by atoms with Crippen LogP contribution in [0.3, 0.4) is 0 Å². The van der Waals surface area contributed by atoms with Gasteiger partial charge in [-0.15, -0.1) is 0 Å². The zero-order valence-electron chi connectivity index (χ0n) is 15.4. The van der Waals surface area contributed by atoms with Crippen molar-refractivity contribution in [2.45, 2.75) is 6.42 Å². The molecule has 0 spiro atoms. The molecular weight excluding hydrogens is 364 g/mol. The van der Waals surface area contributed by atoms with Crippen LogP contribution in [0, 0.1) is 0 Å². The highest BCUT2D eigenvalue weighted by molar-refractivity contribution is 6.10. The molecule has 0 unspecified atom stereocenters. The monoisotopic (exact) mass is 384 g/mol. The van der Waals surface area contributed by atoms with Crippen molar-refractivity contribution in [2.75, 3.05) is 14.2 Å². The molecule has 0 aliphatic carbocycles. The molecule has 7 nitrogen and oxygen atoms in total. The third kappa shape index (κ3) is 5.72. The van der Waals surface area contributed by atoms with Crippen LogP contribution in [0.5, 0.6) is 23.0 Å². The Balaban J connectivity index is 1.97. The average Bonchev–Trinajstić information content (AvgIpc) is 2.71. The summed E-state index contributed by atoms with van der Waals surface area (Å²) in [6, 6.07) is 9.35. The lowest BCUT2D eigenvalue weighted by atomic mass is 10.1. The average molecular weight is 384 g/mol. The molecule has 2 rings (SSSR count). The molecule has 0 aliphatic heterocycles. The van der Waals surface area contributed by atoms with E-state index in [2.05, 4.69) is 4.89 Å². The number of benzene rings is 2. The summed E-state index contributed by atoms with van der Waals surface area (Å²) in [5, 5.41) is 18.3. The van der Waals surface area contributed by atoms with E-state index in [0.29, 0.717) is 22.6 Å². The maximum Gasteiger partial charge on any atom is 0.206 e. The number of carbonyl (C=O) groups excluding carboxylic acids is 2. The summed E-state index contributed by atoms with van der Waals surface area (Å²) in [5.41, 5.74) is 1.30. The van der Waals surface area contributed by atoms with Crippen molar-refractivity contribution in [3.05, 3.63) is 59.7 Å². The van der Waals surface area contributed by atoms with Gasteiger partial charge in [-0.1, -0.05) is 24.3 Å². The summed E-state index contributed by atoms with van der Waals surface area (Å²) in [4.78, 5) is 28.1. The molecular formula is C21H20O7. The second-order valence-corrected chi connectivity index (χ2v) is 5.71. The van der Waals surface area contributed by atoms with E-state index in [1.807, 2.05) is 0 Å². The SMILES string of the molecule is COc1cc(/C=C/C(=O)CC(=O)/C=C/c2ccc(OO)c(OC)c2)ccc1O. The molecule has 0 radical (unpaired) electrons. The minimum absolute atomic E-state index is 0.00139. The molecule has 146 valence electrons. The zero-order chi connectivity index (χ0) is 20.5. The number of methoxy groups -OCH3 is 2. The predicted molar refractivity (Wildman–Crippen MR) is 104 cm³/mol. The lowest BCUT2D eigenvalue weighted by Crippen LogP contribution is -2.02. The number of carbonyl (C=O) groups is 2. The largest absolute Gasteiger partial charge is 0.504 e. The highest BCUT2D eigenvalue weighted by atomic mass is 17.1. The Kier molecular flexibility index (Phi) is 7.36. The maximum atomic E-state index is 12.0. The number of hydrogen-bond donors (Lipinski definition) is 2. The van der Waals surface area contributed by atoms with Crippen LogP contribution in [0.2, 0.25) is 0 Å². The minimum atomic E-state index is -0.362. The second kappa shape index (κ2) is 9.94. The Hall–Kier alpha value is -3.58. The number of phenols is 1. The molecule has 2 aromatic carbocycles. The van der Waals surface area contributed by atoms with Gasteiger partial charge in [-0.05, 0) is 47.5 Å². The van der Waals surface area contributed by atoms with E-state index in [9.17, 15) is 14.7 Å². The van der Waals surface area contributed by atoms with E-state index in [0.717, 1.165) is 0 Å². The Morgan fingerprint density at radius 3 is 1.93 bits per heavy atom. The molecule has 0 saturated heterocycles. The summed E-state index contributed by atoms with van der Waals surface area (Å²) in [5.74, 6) is 0.0310. The Labute approximate surface area is 162 Å². The van der Waals surface area contributed by atoms with Gasteiger partial charge in [0.1, 0.15) is 0 Å². The van der Waals surface area contributed by atoms with Crippen molar-refractivity contribution < 1.29 is 34.3 Å². The standard InChI is InChI=1S/C21H20O7/c1-26-20-11-14(5-9-18(20)24)3-7-16(22)13-17(23)8-4-15-6-10-19(28-25)21(12-15)27-2/h3-12,24-25H,13H2,1-2H3/b7-3+,8-4+. The molecule has 7 heteroatoms. The number of hydrogen-bond acceptors (Lipinski definition) is 7. The molecule has 0 fully saturated rings. The van der Waals surface area contributed by atoms with Crippen LogP contribution in [-0.4, -0.2) is 36.1 Å². The summed E-state index contributed by atoms with van der Waals surface area (Å²) >= 11 is 0. The predicted octanol–water partition coefficient (Wildman–Crippen LogP) is 3.52. The topological polar surface area (TPSA) is 102 Å². The van der Waals surface area contributed by atoms with E-state index >= 15 is 0 Å². The fourth-order valence-corrected chi connectivity index (χ4v) is 2.33. The summed E-state index contributed by atoms with van der Waals surface area (Å²) in [6.07, 6.45) is 5.39. The van der Waals surface area contributed by atoms with Gasteiger partial charge in [0.05, 0.1) is 20.6 Å². The molecule has 2 N–H and O–H groups in total. The van der Waals surface area contributed by atoms with E-state index < -0.39 is 0 Å². The number of ether oxygens (including phenoxy) is 2. The Morgan fingerprint density at radius 1 is 0.857 bits per heavy atom. The van der Waals surface area contributed by atoms with Crippen LogP contribution in [0.15, 0.2) is 48.6 Å². The molecule has 0 heterocycles. The highest BCUT2D eigenvalue weighted by Crippen LogP contribution is 2.28. The van der Waals surface area contributed by atoms with Gasteiger partial charge in [0.15, 0.2) is 28.8 Å². The quantitative estimate of drug-likeness (QED) is 0.295. The van der Waals surface area contributed by atoms with Gasteiger partial charge >= 0.3 is 0 Å². The third-order valence-electron chi connectivity index (χ3n) is 3.76. The van der Waals surface area contributed by atoms with E-state index in [1.165, 1.54) is 44.6 Å². The summed E-state index contributed by atoms with van der Waals surface area (Å²) in [6.45, 7) is 0. The smallest absolute Gasteiger partial charge is 0.206 e. The Bertz CT molecular complexity index is 913. The molecule has 0 saturated carbocycles. The third-order valence-corrected chi connectivity index (χ3v) is 3.76. The zero-order valence-corrected chi connectivity index (χ0v) is 15.4. The first-order valence-corrected chi connectivity index (χ1v) is 8.25. The first-order chi connectivity index (χ1) is 13.5. The summed E-state index contributed by atoms with van der Waals surface area (Å²) in [7, 11) is 2.85. The van der Waals surface area contributed by atoms with E-state index in [4.69, 9.17) is 14.7 Å². The van der Waals surface area contributed by atoms with Crippen LogP contribution in [0.25, 0.3) is 12.2 Å². The highest BCUT2D eigenvalue weighted by Gasteiger charge is 2.07. The van der Waals surface area contributed by atoms with Gasteiger partial charge in [0, 0.05) is 0 Å². The lowest BCUT2D eigenvalue weighted by Gasteiger charge is -2.05. The minimum Gasteiger partial charge on any atom is -0.504 e. The van der Waals surface area contributed by atoms with Crippen molar-refractivity contribution in [1.29, 1.82) is 0 Å². The maximum absolute atomic E-state index is 12.0. The van der Waals surface area contributed by atoms with Crippen LogP contribution < -0.4 is 14.4 Å². The van der Waals surface area contributed by atoms with Crippen molar-refractivity contribution in [3.8, 4) is 23.0 Å². The van der Waals surface area contributed by atoms with Gasteiger partial charge in [-0.2, -0.15) is 0 Å². The van der Waals surface area contributed by atoms with Crippen molar-refractivity contribution in [2.24, 2.45) is 0 Å². The number of phenolic OH excluding ortho intramolecular Hbond substituents is 1. The first-order valence-electron chi connectivity index (χ1n) is 8.25. The Morgan fingerprint density at radius 2 is 1.39 bits per heavy atom. The molecule has 0 amide bonds. The molecule has 0 bridgehead atoms. The summed E-state index contributed by atoms with van der Waals surface area (Å²) < 4.78 is 10.1. The van der Waals surface area contributed by atoms with Crippen LogP contribution in [0.1, 0.15) is 17.5 Å². The molecule has 28 heavy (non-hydrogen) atoms. The van der Waals surface area contributed by atoms with Gasteiger partial charge < -0.3 is 19.5 Å². The van der Waals surface area contributed by atoms with Gasteiger partial charge in [-0.25, -0.2) is 5.26 Å². The fraction of sp³-hybridized carbons (Fsp3) is 0.143. The fourth-order valence-electron chi connectivity index (χ4n) is 2.33. The van der Waals surface area contributed by atoms with Crippen LogP contribution >= 0.6 is 0 Å². The lowest BCUT2D eigenvalue weighted by molar-refractivity contribution is -0.139. The number of ketones is 2. The van der Waals surface area contributed by atoms with Crippen molar-refractivity contribution in [3.63, 3.8) is 0 Å². The van der Waals surface area contributed by atoms with Crippen molar-refractivity contribution in [1.82, 2.24) is 0 Å². The normalized spacial score (nSPS) is 11.0. The number of rotatable bonds is 9. The number of allylic oxidation sites excluding steroid dienone is 2. The number of aromatic hydroxyl groups is 1. The van der Waals surface area contributed by atoms with Gasteiger partial charge in [-0.3, -0.25) is 9.59 Å². The van der Waals surface area contributed by atoms with Gasteiger partial charge in [0.2, 0.25) is 5.75 Å². The van der Waals surface area contributed by atoms with E-state index in [1.54, 1.807) is 30.3 Å². The van der Waals surface area contributed by atoms with Gasteiger partial charge in [0.25, 0.3) is 0 Å². The van der Waals surface area contributed by atoms with Crippen LogP contribution in [-0.2, 0) is 9.59 Å². The molecule has 2 aromatic rings. The van der Waals surface area contributed by atoms with Crippen molar-refractivity contribution >= 4 is 23.7 Å². The van der Waals surface area contributed by atoms with Crippen LogP contribution in [0.4, 0.5) is 0 Å². The molecule has 0 aliphatic rings. The molecule has 0 aromatic heterocycles. The second-order valence-electron chi connectivity index (χ2n) is 5.71. The van der Waals surface area contributed by atoms with E-state index in [-0.39, 0.29) is 29.5 Å².